The van der Waals surface area contributed by atoms with Crippen LogP contribution in [0.1, 0.15) is 15.9 Å². The maximum absolute atomic E-state index is 14.3. The first-order chi connectivity index (χ1) is 12.1. The van der Waals surface area contributed by atoms with Crippen LogP contribution in [0.25, 0.3) is 10.9 Å². The van der Waals surface area contributed by atoms with Gasteiger partial charge in [0.2, 0.25) is 0 Å². The largest absolute Gasteiger partial charge is 0.340 e. The summed E-state index contributed by atoms with van der Waals surface area (Å²) in [7, 11) is 0. The van der Waals surface area contributed by atoms with Crippen LogP contribution in [-0.2, 0) is 17.8 Å². The monoisotopic (exact) mass is 402 g/mol. The van der Waals surface area contributed by atoms with E-state index in [2.05, 4.69) is 21.2 Å². The molecule has 25 heavy (non-hydrogen) atoms. The Labute approximate surface area is 152 Å². The molecule has 0 bridgehead atoms. The smallest absolute Gasteiger partial charge is 0.255 e. The highest BCUT2D eigenvalue weighted by atomic mass is 79.9. The van der Waals surface area contributed by atoms with Gasteiger partial charge < -0.3 is 14.7 Å². The molecule has 0 aliphatic rings. The third-order valence-corrected chi connectivity index (χ3v) is 4.40. The van der Waals surface area contributed by atoms with Crippen LogP contribution in [0.15, 0.2) is 59.2 Å². The fourth-order valence-corrected chi connectivity index (χ4v) is 3.13. The van der Waals surface area contributed by atoms with Crippen molar-refractivity contribution in [1.82, 2.24) is 9.88 Å². The standard InChI is InChI=1S/C19H16BrFN2O2/c20-14-6-7-17-15(11-14)16(12-23(17)8-9-24)19(25)22-18(21)10-13-4-2-1-3-5-13/h1-7,9,11-12,18H,8,10H2,(H,22,25). The quantitative estimate of drug-likeness (QED) is 0.502. The molecule has 1 aromatic heterocycles. The lowest BCUT2D eigenvalue weighted by Gasteiger charge is -2.10. The first-order valence-electron chi connectivity index (χ1n) is 7.79. The minimum absolute atomic E-state index is 0.100. The van der Waals surface area contributed by atoms with Crippen LogP contribution < -0.4 is 5.32 Å². The van der Waals surface area contributed by atoms with Crippen molar-refractivity contribution >= 4 is 39.0 Å². The number of fused-ring (bicyclic) bond motifs is 1. The highest BCUT2D eigenvalue weighted by Gasteiger charge is 2.18. The predicted octanol–water partition coefficient (Wildman–Crippen LogP) is 3.87. The summed E-state index contributed by atoms with van der Waals surface area (Å²) in [5.41, 5.74) is 1.90. The Bertz CT molecular complexity index is 908. The number of aldehydes is 1. The molecule has 2 aromatic carbocycles. The van der Waals surface area contributed by atoms with Gasteiger partial charge in [0.05, 0.1) is 12.1 Å². The van der Waals surface area contributed by atoms with E-state index >= 15 is 0 Å². The molecule has 0 aliphatic heterocycles. The van der Waals surface area contributed by atoms with Crippen LogP contribution in [0.3, 0.4) is 0 Å². The Morgan fingerprint density at radius 3 is 2.72 bits per heavy atom. The van der Waals surface area contributed by atoms with Gasteiger partial charge in [0.1, 0.15) is 6.29 Å². The second kappa shape index (κ2) is 7.61. The Kier molecular flexibility index (Phi) is 5.28. The molecule has 1 N–H and O–H groups in total. The van der Waals surface area contributed by atoms with Crippen molar-refractivity contribution in [3.63, 3.8) is 0 Å². The molecule has 0 aliphatic carbocycles. The Balaban J connectivity index is 1.84. The van der Waals surface area contributed by atoms with Crippen molar-refractivity contribution in [3.05, 3.63) is 70.3 Å². The number of amides is 1. The lowest BCUT2D eigenvalue weighted by atomic mass is 10.1. The van der Waals surface area contributed by atoms with Crippen LogP contribution in [0, 0.1) is 0 Å². The van der Waals surface area contributed by atoms with Gasteiger partial charge in [-0.3, -0.25) is 4.79 Å². The molecule has 3 rings (SSSR count). The number of aromatic nitrogens is 1. The highest BCUT2D eigenvalue weighted by Crippen LogP contribution is 2.25. The number of carbonyl (C=O) groups is 2. The van der Waals surface area contributed by atoms with E-state index in [4.69, 9.17) is 0 Å². The van der Waals surface area contributed by atoms with E-state index in [0.717, 1.165) is 21.8 Å². The van der Waals surface area contributed by atoms with Gasteiger partial charge in [-0.1, -0.05) is 46.3 Å². The number of halogens is 2. The number of rotatable bonds is 6. The molecule has 128 valence electrons. The second-order valence-corrected chi connectivity index (χ2v) is 6.57. The summed E-state index contributed by atoms with van der Waals surface area (Å²) < 4.78 is 16.7. The molecule has 0 spiro atoms. The van der Waals surface area contributed by atoms with Gasteiger partial charge in [-0.25, -0.2) is 4.39 Å². The lowest BCUT2D eigenvalue weighted by molar-refractivity contribution is -0.108. The summed E-state index contributed by atoms with van der Waals surface area (Å²) in [4.78, 5) is 23.4. The third kappa shape index (κ3) is 3.96. The van der Waals surface area contributed by atoms with E-state index in [0.29, 0.717) is 10.9 Å². The molecule has 1 amide bonds. The molecule has 1 unspecified atom stereocenters. The van der Waals surface area contributed by atoms with Gasteiger partial charge in [0.15, 0.2) is 6.30 Å². The molecule has 4 nitrogen and oxygen atoms in total. The summed E-state index contributed by atoms with van der Waals surface area (Å²) >= 11 is 3.37. The van der Waals surface area contributed by atoms with E-state index in [1.165, 1.54) is 0 Å². The van der Waals surface area contributed by atoms with Gasteiger partial charge in [-0.2, -0.15) is 0 Å². The molecule has 1 atom stereocenters. The first kappa shape index (κ1) is 17.4. The fraction of sp³-hybridized carbons (Fsp3) is 0.158. The topological polar surface area (TPSA) is 51.1 Å². The fourth-order valence-electron chi connectivity index (χ4n) is 2.77. The summed E-state index contributed by atoms with van der Waals surface area (Å²) in [5.74, 6) is -0.504. The minimum Gasteiger partial charge on any atom is -0.340 e. The third-order valence-electron chi connectivity index (χ3n) is 3.90. The number of alkyl halides is 1. The number of nitrogens with one attached hydrogen (secondary N) is 1. The molecule has 3 aromatic rings. The van der Waals surface area contributed by atoms with Gasteiger partial charge >= 0.3 is 0 Å². The van der Waals surface area contributed by atoms with Crippen molar-refractivity contribution in [2.45, 2.75) is 19.3 Å². The number of hydrogen-bond donors (Lipinski definition) is 1. The molecule has 1 heterocycles. The van der Waals surface area contributed by atoms with Crippen LogP contribution in [0.2, 0.25) is 0 Å². The van der Waals surface area contributed by atoms with Gasteiger partial charge in [0.25, 0.3) is 5.91 Å². The molecular formula is C19H16BrFN2O2. The van der Waals surface area contributed by atoms with Crippen molar-refractivity contribution in [2.75, 3.05) is 0 Å². The zero-order chi connectivity index (χ0) is 17.8. The molecule has 6 heteroatoms. The molecular weight excluding hydrogens is 387 g/mol. The van der Waals surface area contributed by atoms with Crippen LogP contribution in [-0.4, -0.2) is 23.1 Å². The van der Waals surface area contributed by atoms with Crippen molar-refractivity contribution in [1.29, 1.82) is 0 Å². The van der Waals surface area contributed by atoms with Crippen molar-refractivity contribution in [2.24, 2.45) is 0 Å². The molecule has 0 saturated heterocycles. The zero-order valence-corrected chi connectivity index (χ0v) is 14.9. The highest BCUT2D eigenvalue weighted by molar-refractivity contribution is 9.10. The number of carbonyl (C=O) groups excluding carboxylic acids is 2. The second-order valence-electron chi connectivity index (χ2n) is 5.65. The first-order valence-corrected chi connectivity index (χ1v) is 8.58. The summed E-state index contributed by atoms with van der Waals surface area (Å²) in [6.45, 7) is 0.133. The number of benzene rings is 2. The van der Waals surface area contributed by atoms with E-state index in [-0.39, 0.29) is 13.0 Å². The summed E-state index contributed by atoms with van der Waals surface area (Å²) in [6.07, 6.45) is 0.946. The molecule has 0 fully saturated rings. The Morgan fingerprint density at radius 2 is 2.00 bits per heavy atom. The maximum Gasteiger partial charge on any atom is 0.255 e. The molecule has 0 saturated carbocycles. The van der Waals surface area contributed by atoms with Gasteiger partial charge in [0, 0.05) is 28.0 Å². The minimum atomic E-state index is -1.49. The normalized spacial score (nSPS) is 12.1. The Hall–Kier alpha value is -2.47. The summed E-state index contributed by atoms with van der Waals surface area (Å²) in [6, 6.07) is 14.6. The van der Waals surface area contributed by atoms with Crippen LogP contribution in [0.5, 0.6) is 0 Å². The Morgan fingerprint density at radius 1 is 1.24 bits per heavy atom. The summed E-state index contributed by atoms with van der Waals surface area (Å²) in [5, 5.41) is 3.06. The van der Waals surface area contributed by atoms with Gasteiger partial charge in [-0.15, -0.1) is 0 Å². The SMILES string of the molecule is O=CCn1cc(C(=O)NC(F)Cc2ccccc2)c2cc(Br)ccc21. The van der Waals surface area contributed by atoms with Crippen molar-refractivity contribution in [3.8, 4) is 0 Å². The average molecular weight is 403 g/mol. The van der Waals surface area contributed by atoms with E-state index in [1.807, 2.05) is 42.5 Å². The number of hydrogen-bond acceptors (Lipinski definition) is 2. The predicted molar refractivity (Wildman–Crippen MR) is 98.2 cm³/mol. The van der Waals surface area contributed by atoms with Crippen LogP contribution in [0.4, 0.5) is 4.39 Å². The van der Waals surface area contributed by atoms with Crippen molar-refractivity contribution < 1.29 is 14.0 Å². The average Bonchev–Trinajstić information content (AvgIpc) is 2.94. The van der Waals surface area contributed by atoms with Crippen LogP contribution >= 0.6 is 15.9 Å². The van der Waals surface area contributed by atoms with Gasteiger partial charge in [-0.05, 0) is 23.8 Å². The maximum atomic E-state index is 14.3. The lowest BCUT2D eigenvalue weighted by Crippen LogP contribution is -2.33. The van der Waals surface area contributed by atoms with E-state index in [9.17, 15) is 14.0 Å². The number of nitrogens with zero attached hydrogens (tertiary/aromatic N) is 1. The van der Waals surface area contributed by atoms with E-state index < -0.39 is 12.2 Å². The van der Waals surface area contributed by atoms with E-state index in [1.54, 1.807) is 16.8 Å². The zero-order valence-electron chi connectivity index (χ0n) is 13.3. The molecule has 0 radical (unpaired) electrons.